The van der Waals surface area contributed by atoms with Crippen molar-refractivity contribution in [3.8, 4) is 0 Å². The number of rotatable bonds is 6. The van der Waals surface area contributed by atoms with Crippen LogP contribution in [0.4, 0.5) is 0 Å². The Balaban J connectivity index is 2.12. The number of aliphatic hydroxyl groups is 2. The van der Waals surface area contributed by atoms with Gasteiger partial charge in [0.2, 0.25) is 0 Å². The first-order chi connectivity index (χ1) is 7.16. The van der Waals surface area contributed by atoms with Gasteiger partial charge in [-0.1, -0.05) is 0 Å². The Labute approximate surface area is 90.4 Å². The number of methoxy groups -OCH3 is 1. The summed E-state index contributed by atoms with van der Waals surface area (Å²) in [7, 11) is 1.55. The largest absolute Gasteiger partial charge is 0.389 e. The zero-order valence-corrected chi connectivity index (χ0v) is 9.24. The Hall–Kier alpha value is -0.200. The fraction of sp³-hybridized carbons (Fsp3) is 1.00. The van der Waals surface area contributed by atoms with Gasteiger partial charge < -0.3 is 25.0 Å². The van der Waals surface area contributed by atoms with E-state index in [0.29, 0.717) is 45.8 Å². The van der Waals surface area contributed by atoms with E-state index in [2.05, 4.69) is 5.32 Å². The molecule has 3 N–H and O–H groups in total. The van der Waals surface area contributed by atoms with Gasteiger partial charge in [0.15, 0.2) is 0 Å². The first-order valence-corrected chi connectivity index (χ1v) is 5.34. The Bertz CT molecular complexity index is 171. The van der Waals surface area contributed by atoms with Crippen molar-refractivity contribution >= 4 is 0 Å². The van der Waals surface area contributed by atoms with Crippen LogP contribution < -0.4 is 5.32 Å². The van der Waals surface area contributed by atoms with Crippen molar-refractivity contribution in [1.29, 1.82) is 0 Å². The summed E-state index contributed by atoms with van der Waals surface area (Å²) in [6, 6.07) is 0. The van der Waals surface area contributed by atoms with Crippen molar-refractivity contribution in [2.75, 3.05) is 40.0 Å². The average molecular weight is 219 g/mol. The third kappa shape index (κ3) is 4.90. The fourth-order valence-corrected chi connectivity index (χ4v) is 1.65. The van der Waals surface area contributed by atoms with E-state index >= 15 is 0 Å². The Morgan fingerprint density at radius 3 is 2.73 bits per heavy atom. The number of nitrogens with one attached hydrogen (secondary N) is 1. The summed E-state index contributed by atoms with van der Waals surface area (Å²) in [5.74, 6) is 0. The lowest BCUT2D eigenvalue weighted by Gasteiger charge is -2.32. The number of aliphatic hydroxyl groups excluding tert-OH is 1. The molecule has 0 radical (unpaired) electrons. The Kier molecular flexibility index (Phi) is 5.49. The molecule has 0 bridgehead atoms. The lowest BCUT2D eigenvalue weighted by molar-refractivity contribution is -0.0629. The van der Waals surface area contributed by atoms with E-state index in [9.17, 15) is 10.2 Å². The number of ether oxygens (including phenoxy) is 2. The Morgan fingerprint density at radius 1 is 1.47 bits per heavy atom. The molecule has 0 aromatic heterocycles. The van der Waals surface area contributed by atoms with Gasteiger partial charge in [0.25, 0.3) is 0 Å². The van der Waals surface area contributed by atoms with Gasteiger partial charge in [-0.2, -0.15) is 0 Å². The van der Waals surface area contributed by atoms with E-state index in [1.54, 1.807) is 7.11 Å². The molecule has 1 unspecified atom stereocenters. The van der Waals surface area contributed by atoms with Crippen LogP contribution in [0.1, 0.15) is 12.8 Å². The monoisotopic (exact) mass is 219 g/mol. The molecule has 1 saturated heterocycles. The second kappa shape index (κ2) is 6.40. The van der Waals surface area contributed by atoms with Crippen LogP contribution in [0.5, 0.6) is 0 Å². The molecule has 0 aromatic carbocycles. The highest BCUT2D eigenvalue weighted by molar-refractivity contribution is 4.83. The highest BCUT2D eigenvalue weighted by atomic mass is 16.5. The van der Waals surface area contributed by atoms with Crippen molar-refractivity contribution in [3.05, 3.63) is 0 Å². The second-order valence-corrected chi connectivity index (χ2v) is 4.08. The lowest BCUT2D eigenvalue weighted by Crippen LogP contribution is -2.46. The normalized spacial score (nSPS) is 22.6. The minimum Gasteiger partial charge on any atom is -0.389 e. The van der Waals surface area contributed by atoms with Crippen LogP contribution in [0.15, 0.2) is 0 Å². The van der Waals surface area contributed by atoms with Gasteiger partial charge in [0.1, 0.15) is 0 Å². The van der Waals surface area contributed by atoms with E-state index < -0.39 is 11.7 Å². The summed E-state index contributed by atoms with van der Waals surface area (Å²) in [6.45, 7) is 2.47. The van der Waals surface area contributed by atoms with Crippen molar-refractivity contribution in [3.63, 3.8) is 0 Å². The Morgan fingerprint density at radius 2 is 2.13 bits per heavy atom. The maximum absolute atomic E-state index is 10.1. The summed E-state index contributed by atoms with van der Waals surface area (Å²) in [6.07, 6.45) is 0.791. The highest BCUT2D eigenvalue weighted by Crippen LogP contribution is 2.18. The molecule has 1 aliphatic rings. The van der Waals surface area contributed by atoms with Gasteiger partial charge in [0, 0.05) is 46.3 Å². The zero-order chi connectivity index (χ0) is 11.1. The molecule has 90 valence electrons. The third-order valence-electron chi connectivity index (χ3n) is 2.62. The predicted octanol–water partition coefficient (Wildman–Crippen LogP) is -0.875. The third-order valence-corrected chi connectivity index (χ3v) is 2.62. The topological polar surface area (TPSA) is 71.0 Å². The van der Waals surface area contributed by atoms with Gasteiger partial charge in [-0.15, -0.1) is 0 Å². The molecule has 1 atom stereocenters. The van der Waals surface area contributed by atoms with Crippen molar-refractivity contribution in [1.82, 2.24) is 5.32 Å². The number of hydrogen-bond donors (Lipinski definition) is 3. The molecule has 0 amide bonds. The van der Waals surface area contributed by atoms with Crippen LogP contribution in [0.25, 0.3) is 0 Å². The molecule has 1 rings (SSSR count). The van der Waals surface area contributed by atoms with Gasteiger partial charge in [0.05, 0.1) is 18.3 Å². The zero-order valence-electron chi connectivity index (χ0n) is 9.24. The minimum absolute atomic E-state index is 0.314. The molecule has 0 aliphatic carbocycles. The van der Waals surface area contributed by atoms with E-state index in [0.717, 1.165) is 0 Å². The predicted molar refractivity (Wildman–Crippen MR) is 55.8 cm³/mol. The van der Waals surface area contributed by atoms with Crippen LogP contribution in [0.2, 0.25) is 0 Å². The van der Waals surface area contributed by atoms with Gasteiger partial charge in [-0.25, -0.2) is 0 Å². The molecule has 0 spiro atoms. The number of hydrogen-bond acceptors (Lipinski definition) is 5. The van der Waals surface area contributed by atoms with Gasteiger partial charge in [-0.05, 0) is 0 Å². The van der Waals surface area contributed by atoms with E-state index in [-0.39, 0.29) is 0 Å². The average Bonchev–Trinajstić information content (AvgIpc) is 2.19. The van der Waals surface area contributed by atoms with Crippen molar-refractivity contribution in [2.24, 2.45) is 0 Å². The molecular weight excluding hydrogens is 198 g/mol. The lowest BCUT2D eigenvalue weighted by atomic mass is 9.94. The molecule has 1 aliphatic heterocycles. The van der Waals surface area contributed by atoms with E-state index in [4.69, 9.17) is 9.47 Å². The highest BCUT2D eigenvalue weighted by Gasteiger charge is 2.29. The first-order valence-electron chi connectivity index (χ1n) is 5.34. The molecular formula is C10H21NO4. The minimum atomic E-state index is -0.676. The SMILES string of the molecule is COCC(O)CNCC1(O)CCOCC1. The summed E-state index contributed by atoms with van der Waals surface area (Å²) >= 11 is 0. The smallest absolute Gasteiger partial charge is 0.0897 e. The standard InChI is InChI=1S/C10H21NO4/c1-14-7-9(12)6-11-8-10(13)2-4-15-5-3-10/h9,11-13H,2-8H2,1H3. The summed E-state index contributed by atoms with van der Waals surface area (Å²) in [4.78, 5) is 0. The molecule has 5 heteroatoms. The molecule has 0 saturated carbocycles. The maximum atomic E-state index is 10.1. The fourth-order valence-electron chi connectivity index (χ4n) is 1.65. The van der Waals surface area contributed by atoms with E-state index in [1.807, 2.05) is 0 Å². The maximum Gasteiger partial charge on any atom is 0.0897 e. The van der Waals surface area contributed by atoms with Crippen LogP contribution in [-0.2, 0) is 9.47 Å². The first kappa shape index (κ1) is 12.9. The second-order valence-electron chi connectivity index (χ2n) is 4.08. The van der Waals surface area contributed by atoms with E-state index in [1.165, 1.54) is 0 Å². The van der Waals surface area contributed by atoms with Crippen LogP contribution >= 0.6 is 0 Å². The van der Waals surface area contributed by atoms with Crippen molar-refractivity contribution in [2.45, 2.75) is 24.5 Å². The van der Waals surface area contributed by atoms with Gasteiger partial charge in [-0.3, -0.25) is 0 Å². The van der Waals surface area contributed by atoms with Crippen LogP contribution in [-0.4, -0.2) is 61.9 Å². The summed E-state index contributed by atoms with van der Waals surface area (Å²) in [5.41, 5.74) is -0.676. The molecule has 15 heavy (non-hydrogen) atoms. The summed E-state index contributed by atoms with van der Waals surface area (Å²) < 4.78 is 9.97. The van der Waals surface area contributed by atoms with Crippen LogP contribution in [0, 0.1) is 0 Å². The summed E-state index contributed by atoms with van der Waals surface area (Å²) in [5, 5.41) is 22.5. The van der Waals surface area contributed by atoms with Crippen LogP contribution in [0.3, 0.4) is 0 Å². The van der Waals surface area contributed by atoms with Crippen molar-refractivity contribution < 1.29 is 19.7 Å². The molecule has 1 fully saturated rings. The van der Waals surface area contributed by atoms with Gasteiger partial charge >= 0.3 is 0 Å². The molecule has 5 nitrogen and oxygen atoms in total. The quantitative estimate of drug-likeness (QED) is 0.541. The molecule has 0 aromatic rings. The molecule has 1 heterocycles.